The van der Waals surface area contributed by atoms with E-state index in [1.165, 1.54) is 5.56 Å². The minimum absolute atomic E-state index is 0.0477. The lowest BCUT2D eigenvalue weighted by Crippen LogP contribution is -2.36. The first kappa shape index (κ1) is 13.6. The van der Waals surface area contributed by atoms with E-state index in [-0.39, 0.29) is 11.9 Å². The van der Waals surface area contributed by atoms with Crippen LogP contribution in [0.3, 0.4) is 0 Å². The van der Waals surface area contributed by atoms with Gasteiger partial charge in [0.1, 0.15) is 0 Å². The summed E-state index contributed by atoms with van der Waals surface area (Å²) in [6, 6.07) is 8.28. The highest BCUT2D eigenvalue weighted by atomic mass is 16.1. The number of amides is 1. The van der Waals surface area contributed by atoms with E-state index in [0.29, 0.717) is 6.54 Å². The van der Waals surface area contributed by atoms with E-state index < -0.39 is 0 Å². The number of aryl methyl sites for hydroxylation is 1. The fourth-order valence-corrected chi connectivity index (χ4v) is 1.68. The summed E-state index contributed by atoms with van der Waals surface area (Å²) in [4.78, 5) is 11.6. The lowest BCUT2D eigenvalue weighted by molar-refractivity contribution is -0.120. The van der Waals surface area contributed by atoms with E-state index in [4.69, 9.17) is 0 Å². The van der Waals surface area contributed by atoms with Crippen molar-refractivity contribution in [2.75, 3.05) is 11.9 Å². The van der Waals surface area contributed by atoms with Gasteiger partial charge in [0.25, 0.3) is 0 Å². The summed E-state index contributed by atoms with van der Waals surface area (Å²) in [5.41, 5.74) is 2.20. The summed E-state index contributed by atoms with van der Waals surface area (Å²) in [6.45, 7) is 6.53. The van der Waals surface area contributed by atoms with Crippen molar-refractivity contribution in [3.05, 3.63) is 29.8 Å². The minimum Gasteiger partial charge on any atom is -0.376 e. The summed E-state index contributed by atoms with van der Waals surface area (Å²) >= 11 is 0. The average Bonchev–Trinajstić information content (AvgIpc) is 2.28. The van der Waals surface area contributed by atoms with Gasteiger partial charge >= 0.3 is 0 Å². The van der Waals surface area contributed by atoms with Crippen LogP contribution in [0.5, 0.6) is 0 Å². The van der Waals surface area contributed by atoms with Crippen molar-refractivity contribution >= 4 is 11.6 Å². The van der Waals surface area contributed by atoms with Gasteiger partial charge in [0.2, 0.25) is 5.91 Å². The number of carbonyl (C=O) groups excluding carboxylic acids is 1. The van der Waals surface area contributed by atoms with Gasteiger partial charge in [-0.15, -0.1) is 0 Å². The molecule has 0 aromatic heterocycles. The molecule has 1 atom stereocenters. The molecule has 0 aliphatic heterocycles. The van der Waals surface area contributed by atoms with Crippen LogP contribution in [-0.2, 0) is 4.79 Å². The van der Waals surface area contributed by atoms with E-state index in [0.717, 1.165) is 18.5 Å². The van der Waals surface area contributed by atoms with Crippen molar-refractivity contribution in [2.24, 2.45) is 0 Å². The zero-order valence-corrected chi connectivity index (χ0v) is 10.9. The number of carbonyl (C=O) groups is 1. The maximum absolute atomic E-state index is 11.6. The Hall–Kier alpha value is -1.51. The average molecular weight is 234 g/mol. The fraction of sp³-hybridized carbons (Fsp3) is 0.500. The molecule has 0 aliphatic carbocycles. The molecular weight excluding hydrogens is 212 g/mol. The van der Waals surface area contributed by atoms with Gasteiger partial charge in [0.05, 0.1) is 6.54 Å². The largest absolute Gasteiger partial charge is 0.376 e. The molecule has 3 heteroatoms. The van der Waals surface area contributed by atoms with Crippen LogP contribution in [0.1, 0.15) is 32.3 Å². The smallest absolute Gasteiger partial charge is 0.239 e. The van der Waals surface area contributed by atoms with Crippen molar-refractivity contribution in [1.82, 2.24) is 5.32 Å². The Morgan fingerprint density at radius 3 is 2.53 bits per heavy atom. The van der Waals surface area contributed by atoms with Gasteiger partial charge < -0.3 is 10.6 Å². The monoisotopic (exact) mass is 234 g/mol. The zero-order valence-electron chi connectivity index (χ0n) is 10.9. The summed E-state index contributed by atoms with van der Waals surface area (Å²) in [5.74, 6) is 0.0477. The van der Waals surface area contributed by atoms with E-state index >= 15 is 0 Å². The normalized spacial score (nSPS) is 11.9. The Morgan fingerprint density at radius 1 is 1.29 bits per heavy atom. The fourth-order valence-electron chi connectivity index (χ4n) is 1.68. The van der Waals surface area contributed by atoms with E-state index in [2.05, 4.69) is 17.6 Å². The quantitative estimate of drug-likeness (QED) is 0.794. The summed E-state index contributed by atoms with van der Waals surface area (Å²) in [6.07, 6.45) is 2.11. The second-order valence-electron chi connectivity index (χ2n) is 4.48. The molecule has 1 unspecified atom stereocenters. The van der Waals surface area contributed by atoms with Crippen LogP contribution < -0.4 is 10.6 Å². The van der Waals surface area contributed by atoms with Crippen molar-refractivity contribution < 1.29 is 4.79 Å². The number of benzene rings is 1. The third-order valence-corrected chi connectivity index (χ3v) is 2.63. The maximum Gasteiger partial charge on any atom is 0.239 e. The molecule has 0 aliphatic rings. The molecule has 17 heavy (non-hydrogen) atoms. The maximum atomic E-state index is 11.6. The Bertz CT molecular complexity index is 346. The van der Waals surface area contributed by atoms with E-state index in [9.17, 15) is 4.79 Å². The van der Waals surface area contributed by atoms with Gasteiger partial charge in [-0.3, -0.25) is 4.79 Å². The molecule has 94 valence electrons. The van der Waals surface area contributed by atoms with Gasteiger partial charge in [-0.2, -0.15) is 0 Å². The Labute approximate surface area is 104 Å². The summed E-state index contributed by atoms with van der Waals surface area (Å²) < 4.78 is 0. The van der Waals surface area contributed by atoms with Gasteiger partial charge in [-0.25, -0.2) is 0 Å². The van der Waals surface area contributed by atoms with Crippen LogP contribution in [0.25, 0.3) is 0 Å². The lowest BCUT2D eigenvalue weighted by atomic mass is 10.2. The SMILES string of the molecule is CCCC(C)NC(=O)CNc1ccc(C)cc1. The van der Waals surface area contributed by atoms with Crippen LogP contribution in [0.4, 0.5) is 5.69 Å². The van der Waals surface area contributed by atoms with E-state index in [1.54, 1.807) is 0 Å². The van der Waals surface area contributed by atoms with Crippen LogP contribution >= 0.6 is 0 Å². The lowest BCUT2D eigenvalue weighted by Gasteiger charge is -2.13. The number of hydrogen-bond acceptors (Lipinski definition) is 2. The number of rotatable bonds is 6. The van der Waals surface area contributed by atoms with Crippen molar-refractivity contribution in [1.29, 1.82) is 0 Å². The number of anilines is 1. The highest BCUT2D eigenvalue weighted by molar-refractivity contribution is 5.80. The predicted molar refractivity (Wildman–Crippen MR) is 72.2 cm³/mol. The molecule has 2 N–H and O–H groups in total. The third kappa shape index (κ3) is 5.38. The molecule has 1 amide bonds. The van der Waals surface area contributed by atoms with Crippen molar-refractivity contribution in [2.45, 2.75) is 39.7 Å². The highest BCUT2D eigenvalue weighted by Gasteiger charge is 2.05. The highest BCUT2D eigenvalue weighted by Crippen LogP contribution is 2.07. The van der Waals surface area contributed by atoms with Gasteiger partial charge in [-0.1, -0.05) is 31.0 Å². The first-order valence-corrected chi connectivity index (χ1v) is 6.21. The van der Waals surface area contributed by atoms with Crippen LogP contribution in [-0.4, -0.2) is 18.5 Å². The summed E-state index contributed by atoms with van der Waals surface area (Å²) in [5, 5.41) is 6.07. The Balaban J connectivity index is 2.30. The molecule has 3 nitrogen and oxygen atoms in total. The van der Waals surface area contributed by atoms with Crippen molar-refractivity contribution in [3.8, 4) is 0 Å². The van der Waals surface area contributed by atoms with Crippen LogP contribution in [0.2, 0.25) is 0 Å². The van der Waals surface area contributed by atoms with Gasteiger partial charge in [0, 0.05) is 11.7 Å². The molecule has 1 rings (SSSR count). The molecule has 0 saturated heterocycles. The van der Waals surface area contributed by atoms with Gasteiger partial charge in [-0.05, 0) is 32.4 Å². The second kappa shape index (κ2) is 6.94. The molecular formula is C14H22N2O. The first-order valence-electron chi connectivity index (χ1n) is 6.21. The molecule has 1 aromatic rings. The molecule has 0 fully saturated rings. The minimum atomic E-state index is 0.0477. The molecule has 0 spiro atoms. The number of nitrogens with one attached hydrogen (secondary N) is 2. The topological polar surface area (TPSA) is 41.1 Å². The molecule has 0 bridgehead atoms. The van der Waals surface area contributed by atoms with E-state index in [1.807, 2.05) is 38.1 Å². The first-order chi connectivity index (χ1) is 8.11. The number of hydrogen-bond donors (Lipinski definition) is 2. The molecule has 1 aromatic carbocycles. The standard InChI is InChI=1S/C14H22N2O/c1-4-5-12(3)16-14(17)10-15-13-8-6-11(2)7-9-13/h6-9,12,15H,4-5,10H2,1-3H3,(H,16,17). The van der Waals surface area contributed by atoms with Crippen molar-refractivity contribution in [3.63, 3.8) is 0 Å². The zero-order chi connectivity index (χ0) is 12.7. The third-order valence-electron chi connectivity index (χ3n) is 2.63. The molecule has 0 heterocycles. The van der Waals surface area contributed by atoms with Crippen LogP contribution in [0.15, 0.2) is 24.3 Å². The molecule has 0 radical (unpaired) electrons. The Morgan fingerprint density at radius 2 is 1.94 bits per heavy atom. The second-order valence-corrected chi connectivity index (χ2v) is 4.48. The molecule has 0 saturated carbocycles. The summed E-state index contributed by atoms with van der Waals surface area (Å²) in [7, 11) is 0. The van der Waals surface area contributed by atoms with Crippen LogP contribution in [0, 0.1) is 6.92 Å². The van der Waals surface area contributed by atoms with Gasteiger partial charge in [0.15, 0.2) is 0 Å². The Kier molecular flexibility index (Phi) is 5.53. The predicted octanol–water partition coefficient (Wildman–Crippen LogP) is 2.71.